The fourth-order valence-corrected chi connectivity index (χ4v) is 5.40. The Bertz CT molecular complexity index is 1560. The molecule has 0 radical (unpaired) electrons. The summed E-state index contributed by atoms with van der Waals surface area (Å²) in [5.41, 5.74) is 5.42. The molecule has 1 amide bonds. The molecule has 1 aliphatic carbocycles. The Morgan fingerprint density at radius 3 is 2.83 bits per heavy atom. The Balaban J connectivity index is 1.25. The lowest BCUT2D eigenvalue weighted by Gasteiger charge is -2.32. The van der Waals surface area contributed by atoms with E-state index >= 15 is 0 Å². The zero-order valence-corrected chi connectivity index (χ0v) is 22.2. The predicted molar refractivity (Wildman–Crippen MR) is 140 cm³/mol. The topological polar surface area (TPSA) is 106 Å². The molecule has 1 saturated carbocycles. The highest BCUT2D eigenvalue weighted by Crippen LogP contribution is 2.47. The van der Waals surface area contributed by atoms with Crippen molar-refractivity contribution in [2.45, 2.75) is 51.7 Å². The number of rotatable bonds is 8. The number of ether oxygens (including phenoxy) is 1. The van der Waals surface area contributed by atoms with Gasteiger partial charge >= 0.3 is 6.36 Å². The van der Waals surface area contributed by atoms with Crippen molar-refractivity contribution in [1.82, 2.24) is 30.3 Å². The van der Waals surface area contributed by atoms with Crippen LogP contribution in [0.3, 0.4) is 0 Å². The van der Waals surface area contributed by atoms with Crippen LogP contribution in [-0.2, 0) is 30.8 Å². The maximum Gasteiger partial charge on any atom is 0.573 e. The van der Waals surface area contributed by atoms with Crippen LogP contribution in [0.2, 0.25) is 0 Å². The van der Waals surface area contributed by atoms with Gasteiger partial charge in [-0.25, -0.2) is 9.97 Å². The molecule has 2 aromatic carbocycles. The normalized spacial score (nSPS) is 18.5. The summed E-state index contributed by atoms with van der Waals surface area (Å²) in [7, 11) is 0. The first kappa shape index (κ1) is 26.9. The number of nitrogens with one attached hydrogen (secondary N) is 1. The molecule has 1 N–H and O–H groups in total. The lowest BCUT2D eigenvalue weighted by Crippen LogP contribution is -2.33. The molecule has 12 heteroatoms. The number of amides is 1. The van der Waals surface area contributed by atoms with Gasteiger partial charge in [0.1, 0.15) is 12.1 Å². The summed E-state index contributed by atoms with van der Waals surface area (Å²) in [5.74, 6) is 0.407. The van der Waals surface area contributed by atoms with Crippen LogP contribution in [0.25, 0.3) is 11.1 Å². The Labute approximate surface area is 233 Å². The van der Waals surface area contributed by atoms with Crippen LogP contribution in [0.15, 0.2) is 59.5 Å². The molecule has 1 fully saturated rings. The maximum atomic E-state index is 13.0. The van der Waals surface area contributed by atoms with E-state index in [0.29, 0.717) is 49.8 Å². The molecule has 3 heterocycles. The van der Waals surface area contributed by atoms with E-state index in [1.54, 1.807) is 25.3 Å². The number of carbonyl (C=O) groups excluding carboxylic acids is 1. The van der Waals surface area contributed by atoms with Crippen LogP contribution in [-0.4, -0.2) is 43.8 Å². The summed E-state index contributed by atoms with van der Waals surface area (Å²) >= 11 is 0. The van der Waals surface area contributed by atoms with Crippen molar-refractivity contribution in [3.63, 3.8) is 0 Å². The van der Waals surface area contributed by atoms with Crippen LogP contribution in [0.1, 0.15) is 46.4 Å². The number of nitrogens with zero attached hydrogens (tertiary/aromatic N) is 5. The van der Waals surface area contributed by atoms with Crippen LogP contribution < -0.4 is 10.1 Å². The standard InChI is InChI=1S/C29H27F3N6O3/c1-17-36-28(41-37-17)25-12-24(25)27(39)34-13-19-5-6-22(18-3-2-4-21(11-18)40-29(30,31)32)23-8-10-38(15-26(19)23)14-20-7-9-33-16-35-20/h2-7,9,11,16,24-25H,8,10,12-15H2,1H3,(H,34,39). The van der Waals surface area contributed by atoms with Crippen molar-refractivity contribution in [1.29, 1.82) is 0 Å². The lowest BCUT2D eigenvalue weighted by atomic mass is 9.87. The van der Waals surface area contributed by atoms with Gasteiger partial charge in [-0.05, 0) is 65.8 Å². The second-order valence-corrected chi connectivity index (χ2v) is 10.3. The fourth-order valence-electron chi connectivity index (χ4n) is 5.40. The number of aryl methyl sites for hydroxylation is 1. The number of carbonyl (C=O) groups is 1. The third kappa shape index (κ3) is 6.22. The third-order valence-electron chi connectivity index (χ3n) is 7.44. The molecule has 2 aliphatic rings. The molecule has 4 aromatic rings. The highest BCUT2D eigenvalue weighted by molar-refractivity contribution is 5.82. The number of hydrogen-bond donors (Lipinski definition) is 1. The highest BCUT2D eigenvalue weighted by Gasteiger charge is 2.47. The number of hydrogen-bond acceptors (Lipinski definition) is 8. The molecule has 2 aromatic heterocycles. The van der Waals surface area contributed by atoms with Gasteiger partial charge in [0.05, 0.1) is 17.5 Å². The van der Waals surface area contributed by atoms with Crippen molar-refractivity contribution in [2.24, 2.45) is 5.92 Å². The number of aromatic nitrogens is 4. The second kappa shape index (κ2) is 10.9. The monoisotopic (exact) mass is 564 g/mol. The first-order chi connectivity index (χ1) is 19.7. The van der Waals surface area contributed by atoms with Gasteiger partial charge in [-0.3, -0.25) is 9.69 Å². The molecular weight excluding hydrogens is 537 g/mol. The average Bonchev–Trinajstić information content (AvgIpc) is 3.64. The fraction of sp³-hybridized carbons (Fsp3) is 0.345. The smallest absolute Gasteiger partial charge is 0.406 e. The van der Waals surface area contributed by atoms with Crippen LogP contribution >= 0.6 is 0 Å². The summed E-state index contributed by atoms with van der Waals surface area (Å²) in [6, 6.07) is 11.7. The van der Waals surface area contributed by atoms with E-state index in [9.17, 15) is 18.0 Å². The van der Waals surface area contributed by atoms with Crippen LogP contribution in [0.4, 0.5) is 13.2 Å². The van der Waals surface area contributed by atoms with Crippen LogP contribution in [0.5, 0.6) is 5.75 Å². The van der Waals surface area contributed by atoms with Gasteiger partial charge in [0.25, 0.3) is 0 Å². The van der Waals surface area contributed by atoms with Gasteiger partial charge in [-0.2, -0.15) is 4.98 Å². The van der Waals surface area contributed by atoms with Crippen molar-refractivity contribution in [2.75, 3.05) is 6.54 Å². The van der Waals surface area contributed by atoms with Crippen LogP contribution in [0, 0.1) is 12.8 Å². The minimum atomic E-state index is -4.77. The van der Waals surface area contributed by atoms with Gasteiger partial charge in [-0.15, -0.1) is 13.2 Å². The van der Waals surface area contributed by atoms with Gasteiger partial charge in [0.2, 0.25) is 11.8 Å². The molecule has 9 nitrogen and oxygen atoms in total. The molecule has 1 aliphatic heterocycles. The van der Waals surface area contributed by atoms with Crippen molar-refractivity contribution >= 4 is 5.91 Å². The average molecular weight is 565 g/mol. The molecule has 0 spiro atoms. The minimum absolute atomic E-state index is 0.0676. The predicted octanol–water partition coefficient (Wildman–Crippen LogP) is 4.71. The molecule has 2 atom stereocenters. The van der Waals surface area contributed by atoms with Gasteiger partial charge in [0, 0.05) is 32.4 Å². The Morgan fingerprint density at radius 2 is 2.07 bits per heavy atom. The molecule has 2 unspecified atom stereocenters. The summed E-state index contributed by atoms with van der Waals surface area (Å²) < 4.78 is 48.0. The van der Waals surface area contributed by atoms with E-state index in [-0.39, 0.29) is 23.5 Å². The lowest BCUT2D eigenvalue weighted by molar-refractivity contribution is -0.274. The number of fused-ring (bicyclic) bond motifs is 1. The minimum Gasteiger partial charge on any atom is -0.406 e. The Hall–Kier alpha value is -4.32. The molecule has 212 valence electrons. The van der Waals surface area contributed by atoms with E-state index in [2.05, 4.69) is 35.1 Å². The highest BCUT2D eigenvalue weighted by atomic mass is 19.4. The SMILES string of the molecule is Cc1noc(C2CC2C(=O)NCc2ccc(-c3cccc(OC(F)(F)F)c3)c3c2CN(Cc2ccncn2)CC3)n1. The summed E-state index contributed by atoms with van der Waals surface area (Å²) in [5, 5.41) is 6.88. The van der Waals surface area contributed by atoms with Gasteiger partial charge < -0.3 is 14.6 Å². The molecule has 41 heavy (non-hydrogen) atoms. The first-order valence-corrected chi connectivity index (χ1v) is 13.3. The van der Waals surface area contributed by atoms with Crippen molar-refractivity contribution in [3.05, 3.63) is 89.1 Å². The van der Waals surface area contributed by atoms with E-state index < -0.39 is 6.36 Å². The molecule has 0 bridgehead atoms. The van der Waals surface area contributed by atoms with Gasteiger partial charge in [-0.1, -0.05) is 29.4 Å². The van der Waals surface area contributed by atoms with Crippen molar-refractivity contribution in [3.8, 4) is 16.9 Å². The first-order valence-electron chi connectivity index (χ1n) is 13.3. The van der Waals surface area contributed by atoms with Crippen molar-refractivity contribution < 1.29 is 27.2 Å². The molecular formula is C29H27F3N6O3. The van der Waals surface area contributed by atoms with Gasteiger partial charge in [0.15, 0.2) is 5.82 Å². The number of benzene rings is 2. The quantitative estimate of drug-likeness (QED) is 0.328. The zero-order chi connectivity index (χ0) is 28.6. The number of halogens is 3. The van der Waals surface area contributed by atoms with E-state index in [0.717, 1.165) is 34.5 Å². The summed E-state index contributed by atoms with van der Waals surface area (Å²) in [6.07, 6.45) is -0.208. The summed E-state index contributed by atoms with van der Waals surface area (Å²) in [6.45, 7) is 4.04. The summed E-state index contributed by atoms with van der Waals surface area (Å²) in [4.78, 5) is 27.8. The number of alkyl halides is 3. The van der Waals surface area contributed by atoms with E-state index in [1.165, 1.54) is 18.5 Å². The molecule has 0 saturated heterocycles. The van der Waals surface area contributed by atoms with E-state index in [4.69, 9.17) is 4.52 Å². The zero-order valence-electron chi connectivity index (χ0n) is 22.2. The largest absolute Gasteiger partial charge is 0.573 e. The molecule has 6 rings (SSSR count). The Kier molecular flexibility index (Phi) is 7.16. The third-order valence-corrected chi connectivity index (χ3v) is 7.44. The Morgan fingerprint density at radius 1 is 1.20 bits per heavy atom. The van der Waals surface area contributed by atoms with E-state index in [1.807, 2.05) is 18.2 Å². The maximum absolute atomic E-state index is 13.0. The second-order valence-electron chi connectivity index (χ2n) is 10.3.